The topological polar surface area (TPSA) is 80.7 Å². The molecule has 0 radical (unpaired) electrons. The first-order chi connectivity index (χ1) is 8.23. The minimum absolute atomic E-state index is 0.214. The van der Waals surface area contributed by atoms with E-state index in [4.69, 9.17) is 9.29 Å². The Kier molecular flexibility index (Phi) is 4.26. The average Bonchev–Trinajstić information content (AvgIpc) is 2.27. The summed E-state index contributed by atoms with van der Waals surface area (Å²) in [6.45, 7) is 6.44. The van der Waals surface area contributed by atoms with Crippen LogP contribution in [0.5, 0.6) is 0 Å². The lowest BCUT2D eigenvalue weighted by Crippen LogP contribution is -2.12. The fraction of sp³-hybridized carbons (Fsp3) is 0.250. The van der Waals surface area contributed by atoms with Crippen LogP contribution < -0.4 is 0 Å². The van der Waals surface area contributed by atoms with Crippen LogP contribution in [0.25, 0.3) is 0 Å². The van der Waals surface area contributed by atoms with Crippen molar-refractivity contribution in [1.29, 1.82) is 0 Å². The van der Waals surface area contributed by atoms with Crippen LogP contribution in [-0.4, -0.2) is 18.9 Å². The molecule has 1 unspecified atom stereocenters. The summed E-state index contributed by atoms with van der Waals surface area (Å²) in [5.41, 5.74) is 0.431. The van der Waals surface area contributed by atoms with E-state index in [1.54, 1.807) is 6.07 Å². The van der Waals surface area contributed by atoms with Gasteiger partial charge < -0.3 is 4.74 Å². The third kappa shape index (κ3) is 3.41. The molecule has 0 aromatic heterocycles. The molecule has 1 N–H and O–H groups in total. The van der Waals surface area contributed by atoms with Crippen molar-refractivity contribution in [2.24, 2.45) is 0 Å². The van der Waals surface area contributed by atoms with Gasteiger partial charge in [0.15, 0.2) is 0 Å². The first kappa shape index (κ1) is 14.4. The van der Waals surface area contributed by atoms with E-state index in [-0.39, 0.29) is 16.0 Å². The second-order valence-corrected chi connectivity index (χ2v) is 5.23. The Morgan fingerprint density at radius 2 is 1.94 bits per heavy atom. The van der Waals surface area contributed by atoms with Gasteiger partial charge in [-0.05, 0) is 19.9 Å². The summed E-state index contributed by atoms with van der Waals surface area (Å²) in [6, 6.07) is 5.78. The second-order valence-electron chi connectivity index (χ2n) is 3.84. The van der Waals surface area contributed by atoms with E-state index >= 15 is 0 Å². The number of hydrogen-bond acceptors (Lipinski definition) is 4. The standard InChI is InChI=1S/C12H14O5S/c1-8(2)12(13)17-9(3)10-6-4-5-7-11(10)18(14,15)16/h4-7,9H,1H2,2-3H3,(H,14,15,16). The van der Waals surface area contributed by atoms with E-state index in [0.29, 0.717) is 0 Å². The maximum atomic E-state index is 11.4. The molecule has 0 fully saturated rings. The summed E-state index contributed by atoms with van der Waals surface area (Å²) >= 11 is 0. The Labute approximate surface area is 106 Å². The first-order valence-corrected chi connectivity index (χ1v) is 6.60. The Morgan fingerprint density at radius 3 is 2.44 bits per heavy atom. The van der Waals surface area contributed by atoms with Crippen LogP contribution in [-0.2, 0) is 19.6 Å². The lowest BCUT2D eigenvalue weighted by atomic mass is 10.1. The van der Waals surface area contributed by atoms with Crippen molar-refractivity contribution in [3.8, 4) is 0 Å². The highest BCUT2D eigenvalue weighted by Crippen LogP contribution is 2.25. The number of benzene rings is 1. The number of carbonyl (C=O) groups excluding carboxylic acids is 1. The number of hydrogen-bond donors (Lipinski definition) is 1. The fourth-order valence-electron chi connectivity index (χ4n) is 1.38. The lowest BCUT2D eigenvalue weighted by molar-refractivity contribution is -0.143. The van der Waals surface area contributed by atoms with E-state index in [2.05, 4.69) is 6.58 Å². The van der Waals surface area contributed by atoms with Gasteiger partial charge in [-0.1, -0.05) is 24.8 Å². The van der Waals surface area contributed by atoms with E-state index in [0.717, 1.165) is 0 Å². The monoisotopic (exact) mass is 270 g/mol. The molecule has 0 saturated carbocycles. The molecule has 1 rings (SSSR count). The van der Waals surface area contributed by atoms with Crippen LogP contribution in [0.3, 0.4) is 0 Å². The Bertz CT molecular complexity index is 574. The normalized spacial score (nSPS) is 12.8. The van der Waals surface area contributed by atoms with E-state index in [1.807, 2.05) is 0 Å². The molecular weight excluding hydrogens is 256 g/mol. The maximum absolute atomic E-state index is 11.4. The number of esters is 1. The molecule has 0 heterocycles. The lowest BCUT2D eigenvalue weighted by Gasteiger charge is -2.15. The average molecular weight is 270 g/mol. The smallest absolute Gasteiger partial charge is 0.333 e. The molecule has 18 heavy (non-hydrogen) atoms. The summed E-state index contributed by atoms with van der Waals surface area (Å²) < 4.78 is 36.4. The Balaban J connectivity index is 3.11. The minimum atomic E-state index is -4.35. The molecular formula is C12H14O5S. The van der Waals surface area contributed by atoms with Gasteiger partial charge in [0.25, 0.3) is 10.1 Å². The molecule has 0 saturated heterocycles. The highest BCUT2D eigenvalue weighted by atomic mass is 32.2. The van der Waals surface area contributed by atoms with Crippen molar-refractivity contribution in [2.45, 2.75) is 24.8 Å². The Morgan fingerprint density at radius 1 is 1.39 bits per heavy atom. The van der Waals surface area contributed by atoms with Crippen molar-refractivity contribution in [3.05, 3.63) is 42.0 Å². The van der Waals surface area contributed by atoms with E-state index in [9.17, 15) is 13.2 Å². The van der Waals surface area contributed by atoms with Gasteiger partial charge in [0.2, 0.25) is 0 Å². The van der Waals surface area contributed by atoms with Crippen LogP contribution in [0.15, 0.2) is 41.3 Å². The molecule has 0 aliphatic rings. The number of carbonyl (C=O) groups is 1. The summed E-state index contributed by atoms with van der Waals surface area (Å²) in [7, 11) is -4.35. The zero-order chi connectivity index (χ0) is 13.9. The molecule has 5 nitrogen and oxygen atoms in total. The first-order valence-electron chi connectivity index (χ1n) is 5.16. The van der Waals surface area contributed by atoms with Crippen molar-refractivity contribution in [2.75, 3.05) is 0 Å². The van der Waals surface area contributed by atoms with Gasteiger partial charge in [-0.2, -0.15) is 8.42 Å². The zero-order valence-corrected chi connectivity index (χ0v) is 10.9. The Hall–Kier alpha value is -1.66. The molecule has 0 spiro atoms. The fourth-order valence-corrected chi connectivity index (χ4v) is 2.16. The van der Waals surface area contributed by atoms with Gasteiger partial charge >= 0.3 is 5.97 Å². The summed E-state index contributed by atoms with van der Waals surface area (Å²) in [5, 5.41) is 0. The summed E-state index contributed by atoms with van der Waals surface area (Å²) in [6.07, 6.45) is -0.799. The highest BCUT2D eigenvalue weighted by molar-refractivity contribution is 7.85. The van der Waals surface area contributed by atoms with Crippen LogP contribution in [0.1, 0.15) is 25.5 Å². The molecule has 98 valence electrons. The third-order valence-corrected chi connectivity index (χ3v) is 3.19. The highest BCUT2D eigenvalue weighted by Gasteiger charge is 2.21. The quantitative estimate of drug-likeness (QED) is 0.515. The summed E-state index contributed by atoms with van der Waals surface area (Å²) in [5.74, 6) is -0.618. The molecule has 1 aromatic rings. The zero-order valence-electron chi connectivity index (χ0n) is 10.1. The van der Waals surface area contributed by atoms with E-state index < -0.39 is 22.2 Å². The van der Waals surface area contributed by atoms with Gasteiger partial charge in [0.05, 0.1) is 0 Å². The number of rotatable bonds is 4. The van der Waals surface area contributed by atoms with Crippen LogP contribution in [0, 0.1) is 0 Å². The third-order valence-electron chi connectivity index (χ3n) is 2.27. The molecule has 6 heteroatoms. The van der Waals surface area contributed by atoms with Gasteiger partial charge in [0.1, 0.15) is 11.0 Å². The van der Waals surface area contributed by atoms with Gasteiger partial charge in [-0.15, -0.1) is 0 Å². The SMILES string of the molecule is C=C(C)C(=O)OC(C)c1ccccc1S(=O)(=O)O. The molecule has 0 aliphatic carbocycles. The largest absolute Gasteiger partial charge is 0.454 e. The second kappa shape index (κ2) is 5.32. The van der Waals surface area contributed by atoms with E-state index in [1.165, 1.54) is 32.0 Å². The van der Waals surface area contributed by atoms with Crippen molar-refractivity contribution in [3.63, 3.8) is 0 Å². The van der Waals surface area contributed by atoms with Gasteiger partial charge in [0, 0.05) is 11.1 Å². The van der Waals surface area contributed by atoms with Crippen molar-refractivity contribution >= 4 is 16.1 Å². The predicted molar refractivity (Wildman–Crippen MR) is 65.6 cm³/mol. The molecule has 0 aliphatic heterocycles. The molecule has 0 bridgehead atoms. The number of ether oxygens (including phenoxy) is 1. The van der Waals surface area contributed by atoms with Crippen molar-refractivity contribution < 1.29 is 22.5 Å². The maximum Gasteiger partial charge on any atom is 0.333 e. The minimum Gasteiger partial charge on any atom is -0.454 e. The van der Waals surface area contributed by atoms with Crippen molar-refractivity contribution in [1.82, 2.24) is 0 Å². The molecule has 0 amide bonds. The predicted octanol–water partition coefficient (Wildman–Crippen LogP) is 2.11. The van der Waals surface area contributed by atoms with Gasteiger partial charge in [-0.25, -0.2) is 4.79 Å². The van der Waals surface area contributed by atoms with Crippen LogP contribution in [0.4, 0.5) is 0 Å². The molecule has 1 atom stereocenters. The molecule has 1 aromatic carbocycles. The summed E-state index contributed by atoms with van der Waals surface area (Å²) in [4.78, 5) is 11.1. The van der Waals surface area contributed by atoms with Crippen LogP contribution >= 0.6 is 0 Å². The van der Waals surface area contributed by atoms with Gasteiger partial charge in [-0.3, -0.25) is 4.55 Å². The van der Waals surface area contributed by atoms with Crippen LogP contribution in [0.2, 0.25) is 0 Å².